The lowest BCUT2D eigenvalue weighted by molar-refractivity contribution is 0.335. The van der Waals surface area contributed by atoms with E-state index in [0.717, 1.165) is 13.1 Å². The third-order valence-electron chi connectivity index (χ3n) is 3.99. The van der Waals surface area contributed by atoms with Crippen molar-refractivity contribution in [2.45, 2.75) is 23.7 Å². The first-order valence-electron chi connectivity index (χ1n) is 7.08. The van der Waals surface area contributed by atoms with Gasteiger partial charge in [-0.2, -0.15) is 0 Å². The summed E-state index contributed by atoms with van der Waals surface area (Å²) in [4.78, 5) is 4.06. The van der Waals surface area contributed by atoms with E-state index in [-0.39, 0.29) is 0 Å². The summed E-state index contributed by atoms with van der Waals surface area (Å²) in [6.07, 6.45) is 2.79. The highest BCUT2D eigenvalue weighted by Crippen LogP contribution is 2.38. The molecule has 1 N–H and O–H groups in total. The van der Waals surface area contributed by atoms with Crippen LogP contribution < -0.4 is 5.32 Å². The molecule has 0 aromatic heterocycles. The van der Waals surface area contributed by atoms with Crippen LogP contribution >= 0.6 is 11.8 Å². The molecule has 1 saturated heterocycles. The van der Waals surface area contributed by atoms with Crippen LogP contribution in [0.25, 0.3) is 0 Å². The number of hydrogen-bond acceptors (Lipinski definition) is 3. The van der Waals surface area contributed by atoms with Crippen molar-refractivity contribution < 1.29 is 0 Å². The SMILES string of the molecule is c1ccc2c(c1)SCC2CNCCN1CCCC1. The number of nitrogens with zero attached hydrogens (tertiary/aromatic N) is 1. The summed E-state index contributed by atoms with van der Waals surface area (Å²) in [6, 6.07) is 8.86. The van der Waals surface area contributed by atoms with Crippen molar-refractivity contribution in [1.29, 1.82) is 0 Å². The molecule has 0 bridgehead atoms. The lowest BCUT2D eigenvalue weighted by Gasteiger charge is -2.16. The van der Waals surface area contributed by atoms with E-state index in [2.05, 4.69) is 34.5 Å². The van der Waals surface area contributed by atoms with Crippen LogP contribution in [0.5, 0.6) is 0 Å². The lowest BCUT2D eigenvalue weighted by Crippen LogP contribution is -2.32. The molecule has 0 saturated carbocycles. The quantitative estimate of drug-likeness (QED) is 0.821. The number of fused-ring (bicyclic) bond motifs is 1. The molecule has 18 heavy (non-hydrogen) atoms. The molecule has 1 unspecified atom stereocenters. The first-order valence-corrected chi connectivity index (χ1v) is 8.07. The molecule has 0 radical (unpaired) electrons. The van der Waals surface area contributed by atoms with Crippen LogP contribution in [0.3, 0.4) is 0 Å². The van der Waals surface area contributed by atoms with Crippen molar-refractivity contribution in [3.8, 4) is 0 Å². The smallest absolute Gasteiger partial charge is 0.0108 e. The summed E-state index contributed by atoms with van der Waals surface area (Å²) >= 11 is 2.01. The van der Waals surface area contributed by atoms with Crippen molar-refractivity contribution in [2.24, 2.45) is 0 Å². The predicted molar refractivity (Wildman–Crippen MR) is 78.5 cm³/mol. The zero-order chi connectivity index (χ0) is 12.2. The highest BCUT2D eigenvalue weighted by molar-refractivity contribution is 7.99. The second-order valence-electron chi connectivity index (χ2n) is 5.30. The molecule has 3 heteroatoms. The van der Waals surface area contributed by atoms with Crippen molar-refractivity contribution in [2.75, 3.05) is 38.5 Å². The van der Waals surface area contributed by atoms with Gasteiger partial charge in [-0.15, -0.1) is 11.8 Å². The maximum atomic E-state index is 3.64. The third kappa shape index (κ3) is 2.90. The van der Waals surface area contributed by atoms with Crippen molar-refractivity contribution in [3.63, 3.8) is 0 Å². The summed E-state index contributed by atoms with van der Waals surface area (Å²) in [5, 5.41) is 3.64. The fourth-order valence-electron chi connectivity index (χ4n) is 2.92. The molecule has 2 heterocycles. The molecule has 2 aliphatic heterocycles. The van der Waals surface area contributed by atoms with Crippen LogP contribution in [0.15, 0.2) is 29.2 Å². The van der Waals surface area contributed by atoms with Gasteiger partial charge >= 0.3 is 0 Å². The molecular formula is C15H22N2S. The lowest BCUT2D eigenvalue weighted by atomic mass is 10.0. The van der Waals surface area contributed by atoms with E-state index in [4.69, 9.17) is 0 Å². The Balaban J connectivity index is 1.41. The van der Waals surface area contributed by atoms with Gasteiger partial charge < -0.3 is 10.2 Å². The van der Waals surface area contributed by atoms with E-state index < -0.39 is 0 Å². The number of hydrogen-bond donors (Lipinski definition) is 1. The Labute approximate surface area is 114 Å². The third-order valence-corrected chi connectivity index (χ3v) is 5.24. The topological polar surface area (TPSA) is 15.3 Å². The van der Waals surface area contributed by atoms with Crippen LogP contribution in [0.4, 0.5) is 0 Å². The maximum Gasteiger partial charge on any atom is 0.0108 e. The van der Waals surface area contributed by atoms with Crippen LogP contribution in [-0.2, 0) is 0 Å². The second-order valence-corrected chi connectivity index (χ2v) is 6.36. The number of nitrogens with one attached hydrogen (secondary N) is 1. The van der Waals surface area contributed by atoms with E-state index in [0.29, 0.717) is 5.92 Å². The largest absolute Gasteiger partial charge is 0.315 e. The summed E-state index contributed by atoms with van der Waals surface area (Å²) in [5.74, 6) is 1.96. The molecule has 0 spiro atoms. The first-order chi connectivity index (χ1) is 8.93. The Morgan fingerprint density at radius 3 is 2.94 bits per heavy atom. The van der Waals surface area contributed by atoms with Crippen molar-refractivity contribution in [3.05, 3.63) is 29.8 Å². The van der Waals surface area contributed by atoms with E-state index in [1.54, 1.807) is 5.56 Å². The summed E-state index contributed by atoms with van der Waals surface area (Å²) in [5.41, 5.74) is 1.55. The van der Waals surface area contributed by atoms with Crippen molar-refractivity contribution in [1.82, 2.24) is 10.2 Å². The normalized spacial score (nSPS) is 23.4. The van der Waals surface area contributed by atoms with Gasteiger partial charge in [0.15, 0.2) is 0 Å². The predicted octanol–water partition coefficient (Wildman–Crippen LogP) is 2.56. The van der Waals surface area contributed by atoms with Gasteiger partial charge in [0.05, 0.1) is 0 Å². The van der Waals surface area contributed by atoms with Gasteiger partial charge in [0.2, 0.25) is 0 Å². The zero-order valence-electron chi connectivity index (χ0n) is 10.9. The summed E-state index contributed by atoms with van der Waals surface area (Å²) in [6.45, 7) is 6.12. The Morgan fingerprint density at radius 1 is 1.22 bits per heavy atom. The highest BCUT2D eigenvalue weighted by atomic mass is 32.2. The molecule has 1 aromatic rings. The Kier molecular flexibility index (Phi) is 4.24. The molecule has 3 rings (SSSR count). The minimum absolute atomic E-state index is 0.713. The minimum Gasteiger partial charge on any atom is -0.315 e. The molecule has 0 aliphatic carbocycles. The van der Waals surface area contributed by atoms with Gasteiger partial charge in [0.1, 0.15) is 0 Å². The summed E-state index contributed by atoms with van der Waals surface area (Å²) < 4.78 is 0. The van der Waals surface area contributed by atoms with E-state index in [9.17, 15) is 0 Å². The van der Waals surface area contributed by atoms with Crippen LogP contribution in [0.2, 0.25) is 0 Å². The number of thioether (sulfide) groups is 1. The monoisotopic (exact) mass is 262 g/mol. The fraction of sp³-hybridized carbons (Fsp3) is 0.600. The fourth-order valence-corrected chi connectivity index (χ4v) is 4.17. The number of benzene rings is 1. The van der Waals surface area contributed by atoms with Crippen LogP contribution in [0.1, 0.15) is 24.3 Å². The molecule has 0 amide bonds. The number of rotatable bonds is 5. The second kappa shape index (κ2) is 6.09. The first kappa shape index (κ1) is 12.5. The zero-order valence-corrected chi connectivity index (χ0v) is 11.7. The Morgan fingerprint density at radius 2 is 2.06 bits per heavy atom. The Hall–Kier alpha value is -0.510. The summed E-state index contributed by atoms with van der Waals surface area (Å²) in [7, 11) is 0. The molecule has 98 valence electrons. The maximum absolute atomic E-state index is 3.64. The Bertz CT molecular complexity index is 388. The van der Waals surface area contributed by atoms with Gasteiger partial charge in [0.25, 0.3) is 0 Å². The molecule has 1 aromatic carbocycles. The van der Waals surface area contributed by atoms with Gasteiger partial charge in [-0.1, -0.05) is 18.2 Å². The van der Waals surface area contributed by atoms with E-state index >= 15 is 0 Å². The van der Waals surface area contributed by atoms with Crippen molar-refractivity contribution >= 4 is 11.8 Å². The van der Waals surface area contributed by atoms with Gasteiger partial charge in [-0.05, 0) is 37.6 Å². The molecule has 2 aliphatic rings. The van der Waals surface area contributed by atoms with E-state index in [1.165, 1.54) is 43.1 Å². The molecule has 1 atom stereocenters. The highest BCUT2D eigenvalue weighted by Gasteiger charge is 2.22. The minimum atomic E-state index is 0.713. The molecular weight excluding hydrogens is 240 g/mol. The average molecular weight is 262 g/mol. The van der Waals surface area contributed by atoms with Crippen LogP contribution in [-0.4, -0.2) is 43.4 Å². The van der Waals surface area contributed by atoms with E-state index in [1.807, 2.05) is 11.8 Å². The molecule has 1 fully saturated rings. The van der Waals surface area contributed by atoms with Gasteiger partial charge in [-0.25, -0.2) is 0 Å². The molecule has 2 nitrogen and oxygen atoms in total. The number of likely N-dealkylation sites (tertiary alicyclic amines) is 1. The van der Waals surface area contributed by atoms with Gasteiger partial charge in [0, 0.05) is 36.2 Å². The standard InChI is InChI=1S/C15H22N2S/c1-2-6-15-14(5-1)13(12-18-15)11-16-7-10-17-8-3-4-9-17/h1-2,5-6,13,16H,3-4,7-12H2. The average Bonchev–Trinajstić information content (AvgIpc) is 3.04. The van der Waals surface area contributed by atoms with Crippen LogP contribution in [0, 0.1) is 0 Å². The van der Waals surface area contributed by atoms with Gasteiger partial charge in [-0.3, -0.25) is 0 Å².